The van der Waals surface area contributed by atoms with E-state index in [0.717, 1.165) is 37.7 Å². The van der Waals surface area contributed by atoms with Gasteiger partial charge in [0.15, 0.2) is 0 Å². The monoisotopic (exact) mass is 304 g/mol. The number of nitrogens with zero attached hydrogens (tertiary/aromatic N) is 1. The fourth-order valence-electron chi connectivity index (χ4n) is 3.53. The minimum Gasteiger partial charge on any atom is -0.368 e. The van der Waals surface area contributed by atoms with Gasteiger partial charge in [-0.3, -0.25) is 9.59 Å². The van der Waals surface area contributed by atoms with E-state index in [0.29, 0.717) is 0 Å². The van der Waals surface area contributed by atoms with Gasteiger partial charge < -0.3 is 10.6 Å². The molecule has 0 saturated heterocycles. The number of primary amides is 1. The lowest BCUT2D eigenvalue weighted by molar-refractivity contribution is -0.138. The van der Waals surface area contributed by atoms with Crippen molar-refractivity contribution in [3.05, 3.63) is 35.6 Å². The van der Waals surface area contributed by atoms with Crippen LogP contribution in [0.2, 0.25) is 0 Å². The highest BCUT2D eigenvalue weighted by atomic mass is 19.1. The smallest absolute Gasteiger partial charge is 0.237 e. The summed E-state index contributed by atoms with van der Waals surface area (Å²) in [5, 5.41) is 0. The summed E-state index contributed by atoms with van der Waals surface area (Å²) in [5.74, 6) is -0.650. The van der Waals surface area contributed by atoms with Gasteiger partial charge in [0.1, 0.15) is 5.82 Å². The van der Waals surface area contributed by atoms with E-state index in [1.807, 2.05) is 0 Å². The van der Waals surface area contributed by atoms with Gasteiger partial charge in [-0.2, -0.15) is 0 Å². The zero-order valence-electron chi connectivity index (χ0n) is 12.5. The molecule has 2 amide bonds. The maximum Gasteiger partial charge on any atom is 0.237 e. The lowest BCUT2D eigenvalue weighted by Crippen LogP contribution is -2.45. The number of halogens is 1. The number of benzene rings is 1. The lowest BCUT2D eigenvalue weighted by atomic mass is 10.1. The third kappa shape index (κ3) is 3.13. The van der Waals surface area contributed by atoms with Crippen LogP contribution < -0.4 is 5.73 Å². The Bertz CT molecular complexity index is 567. The molecule has 0 radical (unpaired) electrons. The molecule has 22 heavy (non-hydrogen) atoms. The topological polar surface area (TPSA) is 63.4 Å². The van der Waals surface area contributed by atoms with Crippen LogP contribution in [-0.2, 0) is 9.59 Å². The van der Waals surface area contributed by atoms with Crippen LogP contribution in [0.1, 0.15) is 43.6 Å². The summed E-state index contributed by atoms with van der Waals surface area (Å²) in [7, 11) is 0. The number of carbonyl (C=O) groups is 2. The zero-order valence-corrected chi connectivity index (χ0v) is 12.5. The van der Waals surface area contributed by atoms with E-state index in [1.165, 1.54) is 12.1 Å². The van der Waals surface area contributed by atoms with Crippen LogP contribution in [0.15, 0.2) is 24.3 Å². The average Bonchev–Trinajstić information content (AvgIpc) is 3.10. The highest BCUT2D eigenvalue weighted by molar-refractivity contribution is 5.87. The molecule has 5 heteroatoms. The normalized spacial score (nSPS) is 24.2. The van der Waals surface area contributed by atoms with E-state index in [-0.39, 0.29) is 36.1 Å². The van der Waals surface area contributed by atoms with Crippen molar-refractivity contribution < 1.29 is 14.0 Å². The van der Waals surface area contributed by atoms with Crippen LogP contribution >= 0.6 is 0 Å². The molecule has 0 aromatic heterocycles. The van der Waals surface area contributed by atoms with Crippen LogP contribution in [0.4, 0.5) is 4.39 Å². The van der Waals surface area contributed by atoms with Gasteiger partial charge in [-0.05, 0) is 42.9 Å². The summed E-state index contributed by atoms with van der Waals surface area (Å²) in [6, 6.07) is 6.47. The van der Waals surface area contributed by atoms with Crippen molar-refractivity contribution >= 4 is 11.8 Å². The maximum atomic E-state index is 13.0. The summed E-state index contributed by atoms with van der Waals surface area (Å²) in [6.45, 7) is 0.0101. The summed E-state index contributed by atoms with van der Waals surface area (Å²) in [6.07, 6.45) is 4.87. The minimum absolute atomic E-state index is 0.0101. The Morgan fingerprint density at radius 3 is 2.41 bits per heavy atom. The molecule has 1 aromatic carbocycles. The maximum absolute atomic E-state index is 13.0. The molecule has 0 aliphatic heterocycles. The molecule has 3 rings (SSSR count). The van der Waals surface area contributed by atoms with Crippen molar-refractivity contribution in [1.82, 2.24) is 4.90 Å². The van der Waals surface area contributed by atoms with Gasteiger partial charge in [-0.15, -0.1) is 0 Å². The van der Waals surface area contributed by atoms with Crippen molar-refractivity contribution in [1.29, 1.82) is 0 Å². The van der Waals surface area contributed by atoms with Gasteiger partial charge in [0.05, 0.1) is 6.54 Å². The van der Waals surface area contributed by atoms with E-state index in [2.05, 4.69) is 0 Å². The highest BCUT2D eigenvalue weighted by Gasteiger charge is 2.47. The highest BCUT2D eigenvalue weighted by Crippen LogP contribution is 2.49. The number of hydrogen-bond acceptors (Lipinski definition) is 2. The summed E-state index contributed by atoms with van der Waals surface area (Å²) in [5.41, 5.74) is 6.30. The fraction of sp³-hybridized carbons (Fsp3) is 0.529. The van der Waals surface area contributed by atoms with Gasteiger partial charge in [0, 0.05) is 12.0 Å². The van der Waals surface area contributed by atoms with Crippen LogP contribution in [0.5, 0.6) is 0 Å². The van der Waals surface area contributed by atoms with E-state index in [9.17, 15) is 14.0 Å². The molecule has 1 aromatic rings. The molecule has 0 bridgehead atoms. The Kier molecular flexibility index (Phi) is 4.14. The Morgan fingerprint density at radius 2 is 1.82 bits per heavy atom. The van der Waals surface area contributed by atoms with E-state index in [4.69, 9.17) is 5.73 Å². The first-order valence-electron chi connectivity index (χ1n) is 7.90. The second-order valence-electron chi connectivity index (χ2n) is 6.37. The predicted molar refractivity (Wildman–Crippen MR) is 80.4 cm³/mol. The number of carbonyl (C=O) groups excluding carboxylic acids is 2. The Morgan fingerprint density at radius 1 is 1.18 bits per heavy atom. The number of nitrogens with two attached hydrogens (primary N) is 1. The zero-order chi connectivity index (χ0) is 15.7. The molecule has 2 fully saturated rings. The van der Waals surface area contributed by atoms with Gasteiger partial charge in [0.2, 0.25) is 11.8 Å². The fourth-order valence-corrected chi connectivity index (χ4v) is 3.53. The standard InChI is InChI=1S/C17H21FN2O2/c18-12-7-5-11(6-8-12)14-9-15(14)17(22)20(10-16(19)21)13-3-1-2-4-13/h5-8,13-15H,1-4,9-10H2,(H2,19,21)/t14-,15+/m1/s1. The molecule has 2 aliphatic rings. The van der Waals surface area contributed by atoms with Crippen molar-refractivity contribution in [3.8, 4) is 0 Å². The van der Waals surface area contributed by atoms with Gasteiger partial charge in [0.25, 0.3) is 0 Å². The Labute approximate surface area is 129 Å². The number of hydrogen-bond donors (Lipinski definition) is 1. The molecular formula is C17H21FN2O2. The third-order valence-electron chi connectivity index (χ3n) is 4.78. The van der Waals surface area contributed by atoms with E-state index < -0.39 is 5.91 Å². The van der Waals surface area contributed by atoms with E-state index >= 15 is 0 Å². The van der Waals surface area contributed by atoms with Crippen LogP contribution in [0, 0.1) is 11.7 Å². The summed E-state index contributed by atoms with van der Waals surface area (Å²) in [4.78, 5) is 25.7. The molecule has 0 heterocycles. The average molecular weight is 304 g/mol. The Balaban J connectivity index is 1.69. The third-order valence-corrected chi connectivity index (χ3v) is 4.78. The first-order valence-corrected chi connectivity index (χ1v) is 7.90. The van der Waals surface area contributed by atoms with Crippen molar-refractivity contribution in [2.24, 2.45) is 11.7 Å². The molecule has 0 unspecified atom stereocenters. The van der Waals surface area contributed by atoms with E-state index in [1.54, 1.807) is 17.0 Å². The molecule has 2 aliphatic carbocycles. The predicted octanol–water partition coefficient (Wildman–Crippen LogP) is 2.19. The van der Waals surface area contributed by atoms with Crippen LogP contribution in [0.3, 0.4) is 0 Å². The Hall–Kier alpha value is -1.91. The quantitative estimate of drug-likeness (QED) is 0.906. The van der Waals surface area contributed by atoms with Gasteiger partial charge in [-0.1, -0.05) is 25.0 Å². The molecule has 118 valence electrons. The van der Waals surface area contributed by atoms with Gasteiger partial charge in [-0.25, -0.2) is 4.39 Å². The molecule has 2 N–H and O–H groups in total. The first-order chi connectivity index (χ1) is 10.6. The summed E-state index contributed by atoms with van der Waals surface area (Å²) >= 11 is 0. The van der Waals surface area contributed by atoms with Crippen molar-refractivity contribution in [3.63, 3.8) is 0 Å². The SMILES string of the molecule is NC(=O)CN(C(=O)[C@H]1C[C@@H]1c1ccc(F)cc1)C1CCCC1. The van der Waals surface area contributed by atoms with Crippen LogP contribution in [-0.4, -0.2) is 29.3 Å². The van der Waals surface area contributed by atoms with Crippen molar-refractivity contribution in [2.75, 3.05) is 6.54 Å². The molecule has 2 atom stereocenters. The number of rotatable bonds is 5. The van der Waals surface area contributed by atoms with Gasteiger partial charge >= 0.3 is 0 Å². The second kappa shape index (κ2) is 6.07. The molecular weight excluding hydrogens is 283 g/mol. The minimum atomic E-state index is -0.459. The lowest BCUT2D eigenvalue weighted by Gasteiger charge is -2.28. The van der Waals surface area contributed by atoms with Crippen LogP contribution in [0.25, 0.3) is 0 Å². The molecule has 4 nitrogen and oxygen atoms in total. The second-order valence-corrected chi connectivity index (χ2v) is 6.37. The number of amides is 2. The first kappa shape index (κ1) is 15.0. The largest absolute Gasteiger partial charge is 0.368 e. The molecule has 2 saturated carbocycles. The summed E-state index contributed by atoms with van der Waals surface area (Å²) < 4.78 is 13.0. The molecule has 0 spiro atoms. The van der Waals surface area contributed by atoms with Crippen molar-refractivity contribution in [2.45, 2.75) is 44.1 Å².